The summed E-state index contributed by atoms with van der Waals surface area (Å²) in [5, 5.41) is 2.54. The van der Waals surface area contributed by atoms with E-state index in [2.05, 4.69) is 11.4 Å². The number of amides is 2. The van der Waals surface area contributed by atoms with E-state index < -0.39 is 0 Å². The maximum absolute atomic E-state index is 11.7. The van der Waals surface area contributed by atoms with Crippen LogP contribution in [0.25, 0.3) is 0 Å². The van der Waals surface area contributed by atoms with Gasteiger partial charge in [0.15, 0.2) is 0 Å². The molecular weight excluding hydrogens is 216 g/mol. The molecule has 0 spiro atoms. The van der Waals surface area contributed by atoms with Crippen LogP contribution in [0.3, 0.4) is 0 Å². The van der Waals surface area contributed by atoms with E-state index in [1.165, 1.54) is 5.56 Å². The van der Waals surface area contributed by atoms with Gasteiger partial charge >= 0.3 is 0 Å². The maximum Gasteiger partial charge on any atom is 0.242 e. The summed E-state index contributed by atoms with van der Waals surface area (Å²) in [7, 11) is 0. The first kappa shape index (κ1) is 11.6. The minimum Gasteiger partial charge on any atom is -0.345 e. The second-order valence-corrected chi connectivity index (χ2v) is 4.46. The molecule has 1 heterocycles. The third-order valence-corrected chi connectivity index (χ3v) is 2.99. The Morgan fingerprint density at radius 2 is 2.06 bits per heavy atom. The molecule has 0 aliphatic carbocycles. The van der Waals surface area contributed by atoms with Gasteiger partial charge in [-0.2, -0.15) is 0 Å². The number of carbonyl (C=O) groups is 2. The first-order valence-electron chi connectivity index (χ1n) is 5.67. The summed E-state index contributed by atoms with van der Waals surface area (Å²) in [5.41, 5.74) is 3.42. The van der Waals surface area contributed by atoms with Crippen LogP contribution in [0.4, 0.5) is 0 Å². The van der Waals surface area contributed by atoms with Crippen molar-refractivity contribution >= 4 is 11.8 Å². The third-order valence-electron chi connectivity index (χ3n) is 2.99. The zero-order valence-corrected chi connectivity index (χ0v) is 10.1. The van der Waals surface area contributed by atoms with Crippen molar-refractivity contribution in [2.75, 3.05) is 13.1 Å². The lowest BCUT2D eigenvalue weighted by molar-refractivity contribution is -0.141. The van der Waals surface area contributed by atoms with Crippen molar-refractivity contribution in [1.82, 2.24) is 10.2 Å². The van der Waals surface area contributed by atoms with Crippen molar-refractivity contribution < 1.29 is 9.59 Å². The molecule has 1 aliphatic heterocycles. The van der Waals surface area contributed by atoms with Crippen LogP contribution in [0.2, 0.25) is 0 Å². The highest BCUT2D eigenvalue weighted by atomic mass is 16.2. The van der Waals surface area contributed by atoms with Gasteiger partial charge in [0.2, 0.25) is 11.8 Å². The highest BCUT2D eigenvalue weighted by Gasteiger charge is 2.23. The average Bonchev–Trinajstić information content (AvgIpc) is 2.28. The molecule has 1 saturated heterocycles. The molecule has 2 amide bonds. The number of hydrogen-bond donors (Lipinski definition) is 1. The molecule has 1 aromatic carbocycles. The van der Waals surface area contributed by atoms with Crippen molar-refractivity contribution in [2.45, 2.75) is 20.4 Å². The molecular formula is C13H16N2O2. The lowest BCUT2D eigenvalue weighted by Gasteiger charge is -2.27. The first-order valence-corrected chi connectivity index (χ1v) is 5.67. The van der Waals surface area contributed by atoms with E-state index in [-0.39, 0.29) is 24.9 Å². The number of hydrogen-bond acceptors (Lipinski definition) is 2. The molecule has 4 nitrogen and oxygen atoms in total. The fraction of sp³-hybridized carbons (Fsp3) is 0.385. The Bertz CT molecular complexity index is 468. The predicted molar refractivity (Wildman–Crippen MR) is 64.3 cm³/mol. The summed E-state index contributed by atoms with van der Waals surface area (Å²) in [6.07, 6.45) is 0. The van der Waals surface area contributed by atoms with Crippen molar-refractivity contribution in [3.8, 4) is 0 Å². The van der Waals surface area contributed by atoms with E-state index in [0.29, 0.717) is 6.54 Å². The minimum absolute atomic E-state index is 0.0227. The van der Waals surface area contributed by atoms with Crippen LogP contribution in [0, 0.1) is 13.8 Å². The Hall–Kier alpha value is -1.84. The number of rotatable bonds is 2. The molecule has 1 aliphatic rings. The molecule has 0 unspecified atom stereocenters. The molecule has 1 N–H and O–H groups in total. The summed E-state index contributed by atoms with van der Waals surface area (Å²) in [5.74, 6) is -0.111. The number of carbonyl (C=O) groups excluding carboxylic acids is 2. The second kappa shape index (κ2) is 4.57. The molecule has 0 aromatic heterocycles. The Kier molecular flexibility index (Phi) is 3.13. The van der Waals surface area contributed by atoms with Gasteiger partial charge < -0.3 is 10.2 Å². The van der Waals surface area contributed by atoms with Gasteiger partial charge in [0.25, 0.3) is 0 Å². The average molecular weight is 232 g/mol. The quantitative estimate of drug-likeness (QED) is 0.818. The number of benzene rings is 1. The molecule has 0 bridgehead atoms. The molecule has 17 heavy (non-hydrogen) atoms. The maximum atomic E-state index is 11.7. The predicted octanol–water partition coefficient (Wildman–Crippen LogP) is 0.762. The molecule has 0 radical (unpaired) electrons. The second-order valence-electron chi connectivity index (χ2n) is 4.46. The van der Waals surface area contributed by atoms with Crippen LogP contribution < -0.4 is 5.32 Å². The SMILES string of the molecule is Cc1ccc(C)c(CN2CC(=O)NCC2=O)c1. The third kappa shape index (κ3) is 2.64. The Morgan fingerprint density at radius 1 is 1.29 bits per heavy atom. The lowest BCUT2D eigenvalue weighted by Crippen LogP contribution is -2.51. The van der Waals surface area contributed by atoms with Gasteiger partial charge in [0, 0.05) is 6.54 Å². The standard InChI is InChI=1S/C13H16N2O2/c1-9-3-4-10(2)11(5-9)7-15-8-12(16)14-6-13(15)17/h3-5H,6-8H2,1-2H3,(H,14,16). The first-order chi connectivity index (χ1) is 8.06. The van der Waals surface area contributed by atoms with E-state index in [1.54, 1.807) is 4.90 Å². The van der Waals surface area contributed by atoms with Crippen LogP contribution in [-0.4, -0.2) is 29.8 Å². The summed E-state index contributed by atoms with van der Waals surface area (Å²) < 4.78 is 0. The summed E-state index contributed by atoms with van der Waals surface area (Å²) in [6.45, 7) is 4.83. The van der Waals surface area contributed by atoms with Gasteiger partial charge in [-0.15, -0.1) is 0 Å². The lowest BCUT2D eigenvalue weighted by atomic mass is 10.0. The van der Waals surface area contributed by atoms with Crippen molar-refractivity contribution in [1.29, 1.82) is 0 Å². The molecule has 2 rings (SSSR count). The number of aryl methyl sites for hydroxylation is 2. The molecule has 4 heteroatoms. The number of piperazine rings is 1. The summed E-state index contributed by atoms with van der Waals surface area (Å²) >= 11 is 0. The fourth-order valence-electron chi connectivity index (χ4n) is 1.92. The van der Waals surface area contributed by atoms with E-state index in [9.17, 15) is 9.59 Å². The molecule has 90 valence electrons. The molecule has 0 atom stereocenters. The van der Waals surface area contributed by atoms with E-state index in [0.717, 1.165) is 11.1 Å². The smallest absolute Gasteiger partial charge is 0.242 e. The number of nitrogens with zero attached hydrogens (tertiary/aromatic N) is 1. The molecule has 1 fully saturated rings. The van der Waals surface area contributed by atoms with E-state index in [4.69, 9.17) is 0 Å². The molecule has 1 aromatic rings. The summed E-state index contributed by atoms with van der Waals surface area (Å²) in [4.78, 5) is 24.5. The fourth-order valence-corrected chi connectivity index (χ4v) is 1.92. The largest absolute Gasteiger partial charge is 0.345 e. The zero-order valence-electron chi connectivity index (χ0n) is 10.1. The monoisotopic (exact) mass is 232 g/mol. The van der Waals surface area contributed by atoms with E-state index >= 15 is 0 Å². The van der Waals surface area contributed by atoms with Gasteiger partial charge in [0.1, 0.15) is 0 Å². The Balaban J connectivity index is 2.16. The topological polar surface area (TPSA) is 49.4 Å². The Morgan fingerprint density at radius 3 is 2.82 bits per heavy atom. The highest BCUT2D eigenvalue weighted by Crippen LogP contribution is 2.14. The summed E-state index contributed by atoms with van der Waals surface area (Å²) in [6, 6.07) is 6.15. The minimum atomic E-state index is -0.0880. The van der Waals surface area contributed by atoms with Crippen LogP contribution in [0.5, 0.6) is 0 Å². The van der Waals surface area contributed by atoms with Crippen molar-refractivity contribution in [2.24, 2.45) is 0 Å². The zero-order chi connectivity index (χ0) is 12.4. The molecule has 0 saturated carbocycles. The van der Waals surface area contributed by atoms with Gasteiger partial charge in [0.05, 0.1) is 13.1 Å². The van der Waals surface area contributed by atoms with Gasteiger partial charge in [-0.05, 0) is 25.0 Å². The normalized spacial score (nSPS) is 16.0. The van der Waals surface area contributed by atoms with Crippen LogP contribution in [-0.2, 0) is 16.1 Å². The van der Waals surface area contributed by atoms with Gasteiger partial charge in [-0.25, -0.2) is 0 Å². The van der Waals surface area contributed by atoms with Crippen molar-refractivity contribution in [3.05, 3.63) is 34.9 Å². The highest BCUT2D eigenvalue weighted by molar-refractivity contribution is 5.92. The van der Waals surface area contributed by atoms with Crippen LogP contribution in [0.1, 0.15) is 16.7 Å². The Labute approximate surface area is 101 Å². The number of nitrogens with one attached hydrogen (secondary N) is 1. The van der Waals surface area contributed by atoms with E-state index in [1.807, 2.05) is 26.0 Å². The van der Waals surface area contributed by atoms with Gasteiger partial charge in [-0.1, -0.05) is 23.8 Å². The van der Waals surface area contributed by atoms with Crippen LogP contribution >= 0.6 is 0 Å². The van der Waals surface area contributed by atoms with Crippen molar-refractivity contribution in [3.63, 3.8) is 0 Å². The van der Waals surface area contributed by atoms with Crippen LogP contribution in [0.15, 0.2) is 18.2 Å². The van der Waals surface area contributed by atoms with Gasteiger partial charge in [-0.3, -0.25) is 9.59 Å².